The number of esters is 4. The number of aliphatic hydroxyl groups excluding tert-OH is 1. The standard InChI is InChI=1S/C71H138O17P2/c1-9-64(8)50-42-34-24-20-16-12-10-11-13-17-21-25-35-43-51-68(73)81-57-67(88-71(76)54-46-38-30-28-33-41-49-63(6)7)60-86-90(79,80)84-56-65(72)55-83-89(77,78)85-59-66(58-82-69(74)52-44-36-29-27-32-40-48-62(4)5)87-70(75)53-45-37-26-22-18-14-15-19-23-31-39-47-61(2)3/h61-67,72H,9-60H2,1-8H3,(H,77,78)(H,79,80)/t64?,65-,66+,67+/m0/s1. The number of carbonyl (C=O) groups excluding carboxylic acids is 4. The molecule has 0 heterocycles. The number of hydrogen-bond acceptors (Lipinski definition) is 15. The number of phosphoric ester groups is 2. The van der Waals surface area contributed by atoms with Crippen LogP contribution in [0, 0.1) is 23.7 Å². The zero-order valence-electron chi connectivity index (χ0n) is 58.8. The number of hydrogen-bond donors (Lipinski definition) is 3. The molecule has 0 saturated heterocycles. The van der Waals surface area contributed by atoms with Crippen molar-refractivity contribution in [3.63, 3.8) is 0 Å². The van der Waals surface area contributed by atoms with E-state index in [1.165, 1.54) is 148 Å². The Labute approximate surface area is 549 Å². The van der Waals surface area contributed by atoms with Crippen molar-refractivity contribution in [2.45, 2.75) is 369 Å². The van der Waals surface area contributed by atoms with E-state index < -0.39 is 97.5 Å². The second-order valence-corrected chi connectivity index (χ2v) is 30.2. The minimum atomic E-state index is -4.95. The third-order valence-corrected chi connectivity index (χ3v) is 18.6. The molecule has 0 aliphatic carbocycles. The second-order valence-electron chi connectivity index (χ2n) is 27.3. The molecule has 0 spiro atoms. The van der Waals surface area contributed by atoms with Crippen molar-refractivity contribution in [1.82, 2.24) is 0 Å². The number of aliphatic hydroxyl groups is 1. The lowest BCUT2D eigenvalue weighted by atomic mass is 9.99. The van der Waals surface area contributed by atoms with Gasteiger partial charge in [0, 0.05) is 25.7 Å². The molecule has 6 atom stereocenters. The van der Waals surface area contributed by atoms with Crippen molar-refractivity contribution >= 4 is 39.5 Å². The Kier molecular flexibility index (Phi) is 59.4. The van der Waals surface area contributed by atoms with Crippen LogP contribution in [0.15, 0.2) is 0 Å². The second kappa shape index (κ2) is 60.7. The first-order chi connectivity index (χ1) is 43.1. The molecule has 0 fully saturated rings. The molecule has 0 radical (unpaired) electrons. The molecule has 0 aliphatic rings. The topological polar surface area (TPSA) is 237 Å². The van der Waals surface area contributed by atoms with Crippen LogP contribution in [0.1, 0.15) is 351 Å². The Hall–Kier alpha value is -1.94. The molecule has 90 heavy (non-hydrogen) atoms. The van der Waals surface area contributed by atoms with Crippen LogP contribution in [0.4, 0.5) is 0 Å². The molecule has 3 N–H and O–H groups in total. The number of ether oxygens (including phenoxy) is 4. The fourth-order valence-corrected chi connectivity index (χ4v) is 12.2. The Morgan fingerprint density at radius 2 is 0.533 bits per heavy atom. The van der Waals surface area contributed by atoms with Gasteiger partial charge in [0.25, 0.3) is 0 Å². The summed E-state index contributed by atoms with van der Waals surface area (Å²) in [6.07, 6.45) is 43.4. The van der Waals surface area contributed by atoms with E-state index in [1.807, 2.05) is 0 Å². The highest BCUT2D eigenvalue weighted by atomic mass is 31.2. The maximum absolute atomic E-state index is 13.0. The molecule has 0 aliphatic heterocycles. The molecule has 0 amide bonds. The van der Waals surface area contributed by atoms with E-state index in [1.54, 1.807) is 0 Å². The van der Waals surface area contributed by atoms with Crippen LogP contribution in [-0.2, 0) is 65.4 Å². The Morgan fingerprint density at radius 3 is 0.789 bits per heavy atom. The van der Waals surface area contributed by atoms with Crippen LogP contribution in [0.2, 0.25) is 0 Å². The smallest absolute Gasteiger partial charge is 0.462 e. The predicted molar refractivity (Wildman–Crippen MR) is 363 cm³/mol. The summed E-state index contributed by atoms with van der Waals surface area (Å²) in [6.45, 7) is 14.0. The molecule has 19 heteroatoms. The summed E-state index contributed by atoms with van der Waals surface area (Å²) in [5.41, 5.74) is 0. The molecule has 0 saturated carbocycles. The molecule has 0 aromatic heterocycles. The number of rotatable bonds is 68. The molecule has 0 rings (SSSR count). The summed E-state index contributed by atoms with van der Waals surface area (Å²) in [5, 5.41) is 10.6. The monoisotopic (exact) mass is 1320 g/mol. The summed E-state index contributed by atoms with van der Waals surface area (Å²) >= 11 is 0. The van der Waals surface area contributed by atoms with E-state index in [-0.39, 0.29) is 25.7 Å². The van der Waals surface area contributed by atoms with E-state index >= 15 is 0 Å². The van der Waals surface area contributed by atoms with Gasteiger partial charge in [0.05, 0.1) is 26.4 Å². The third-order valence-electron chi connectivity index (χ3n) is 16.7. The van der Waals surface area contributed by atoms with Gasteiger partial charge in [0.2, 0.25) is 0 Å². The van der Waals surface area contributed by atoms with Gasteiger partial charge in [0.1, 0.15) is 19.3 Å². The minimum Gasteiger partial charge on any atom is -0.462 e. The molecular weight excluding hydrogens is 1190 g/mol. The molecule has 0 aromatic rings. The van der Waals surface area contributed by atoms with Crippen LogP contribution in [0.5, 0.6) is 0 Å². The first-order valence-electron chi connectivity index (χ1n) is 36.7. The van der Waals surface area contributed by atoms with Crippen molar-refractivity contribution in [2.75, 3.05) is 39.6 Å². The minimum absolute atomic E-state index is 0.102. The molecule has 3 unspecified atom stereocenters. The first-order valence-corrected chi connectivity index (χ1v) is 39.7. The van der Waals surface area contributed by atoms with E-state index in [2.05, 4.69) is 55.4 Å². The lowest BCUT2D eigenvalue weighted by Gasteiger charge is -2.21. The van der Waals surface area contributed by atoms with Crippen LogP contribution in [0.3, 0.4) is 0 Å². The fourth-order valence-electron chi connectivity index (χ4n) is 10.6. The maximum Gasteiger partial charge on any atom is 0.472 e. The lowest BCUT2D eigenvalue weighted by Crippen LogP contribution is -2.30. The highest BCUT2D eigenvalue weighted by Gasteiger charge is 2.30. The van der Waals surface area contributed by atoms with Gasteiger partial charge >= 0.3 is 39.5 Å². The Balaban J connectivity index is 5.17. The Morgan fingerprint density at radius 1 is 0.311 bits per heavy atom. The van der Waals surface area contributed by atoms with Crippen molar-refractivity contribution < 1.29 is 80.2 Å². The molecular formula is C71H138O17P2. The summed E-state index contributed by atoms with van der Waals surface area (Å²) in [6, 6.07) is 0. The predicted octanol–water partition coefficient (Wildman–Crippen LogP) is 20.1. The van der Waals surface area contributed by atoms with Crippen molar-refractivity contribution in [3.05, 3.63) is 0 Å². The lowest BCUT2D eigenvalue weighted by molar-refractivity contribution is -0.161. The van der Waals surface area contributed by atoms with Crippen LogP contribution in [-0.4, -0.2) is 96.7 Å². The van der Waals surface area contributed by atoms with Gasteiger partial charge in [0.15, 0.2) is 12.2 Å². The average Bonchev–Trinajstić information content (AvgIpc) is 2.96. The Bertz CT molecular complexity index is 1780. The highest BCUT2D eigenvalue weighted by Crippen LogP contribution is 2.45. The summed E-state index contributed by atoms with van der Waals surface area (Å²) in [5.74, 6) is 0.830. The number of carbonyl (C=O) groups is 4. The van der Waals surface area contributed by atoms with Gasteiger partial charge in [-0.05, 0) is 49.4 Å². The van der Waals surface area contributed by atoms with Crippen LogP contribution >= 0.6 is 15.6 Å². The maximum atomic E-state index is 13.0. The van der Waals surface area contributed by atoms with Crippen LogP contribution in [0.25, 0.3) is 0 Å². The zero-order valence-corrected chi connectivity index (χ0v) is 60.6. The zero-order chi connectivity index (χ0) is 66.8. The quantitative estimate of drug-likeness (QED) is 0.0222. The largest absolute Gasteiger partial charge is 0.472 e. The summed E-state index contributed by atoms with van der Waals surface area (Å²) in [7, 11) is -9.90. The van der Waals surface area contributed by atoms with E-state index in [0.29, 0.717) is 37.5 Å². The number of phosphoric acid groups is 2. The highest BCUT2D eigenvalue weighted by molar-refractivity contribution is 7.47. The van der Waals surface area contributed by atoms with Crippen LogP contribution < -0.4 is 0 Å². The molecule has 0 aromatic carbocycles. The normalized spacial score (nSPS) is 14.6. The van der Waals surface area contributed by atoms with Crippen molar-refractivity contribution in [3.8, 4) is 0 Å². The first kappa shape index (κ1) is 88.1. The third kappa shape index (κ3) is 63.5. The van der Waals surface area contributed by atoms with E-state index in [9.17, 15) is 43.2 Å². The van der Waals surface area contributed by atoms with Gasteiger partial charge in [-0.1, -0.05) is 299 Å². The molecule has 534 valence electrons. The number of unbranched alkanes of at least 4 members (excludes halogenated alkanes) is 33. The van der Waals surface area contributed by atoms with Gasteiger partial charge in [-0.2, -0.15) is 0 Å². The van der Waals surface area contributed by atoms with E-state index in [4.69, 9.17) is 37.0 Å². The van der Waals surface area contributed by atoms with Gasteiger partial charge in [-0.3, -0.25) is 37.3 Å². The molecule has 17 nitrogen and oxygen atoms in total. The average molecular weight is 1330 g/mol. The fraction of sp³-hybridized carbons (Fsp3) is 0.944. The SMILES string of the molecule is CCC(C)CCCCCCCCCCCCCCCCC(=O)OC[C@H](COP(=O)(O)OC[C@@H](O)COP(=O)(O)OC[C@@H](COC(=O)CCCCCCCCC(C)C)OC(=O)CCCCCCCCCCCCCC(C)C)OC(=O)CCCCCCCCC(C)C. The molecule has 0 bridgehead atoms. The summed E-state index contributed by atoms with van der Waals surface area (Å²) < 4.78 is 68.2. The van der Waals surface area contributed by atoms with Gasteiger partial charge in [-0.15, -0.1) is 0 Å². The van der Waals surface area contributed by atoms with E-state index in [0.717, 1.165) is 108 Å². The summed E-state index contributed by atoms with van der Waals surface area (Å²) in [4.78, 5) is 72.5. The van der Waals surface area contributed by atoms with Crippen molar-refractivity contribution in [2.24, 2.45) is 23.7 Å². The van der Waals surface area contributed by atoms with Gasteiger partial charge in [-0.25, -0.2) is 9.13 Å². The van der Waals surface area contributed by atoms with Gasteiger partial charge < -0.3 is 33.8 Å². The van der Waals surface area contributed by atoms with Crippen molar-refractivity contribution in [1.29, 1.82) is 0 Å².